The lowest BCUT2D eigenvalue weighted by molar-refractivity contribution is 0.266. The van der Waals surface area contributed by atoms with Crippen molar-refractivity contribution in [2.45, 2.75) is 41.5 Å². The summed E-state index contributed by atoms with van der Waals surface area (Å²) in [5.41, 5.74) is 5.48. The molecule has 0 amide bonds. The van der Waals surface area contributed by atoms with E-state index < -0.39 is 0 Å². The Morgan fingerprint density at radius 2 is 1.64 bits per heavy atom. The molecule has 0 heterocycles. The molecule has 2 aliphatic carbocycles. The molecule has 0 saturated heterocycles. The van der Waals surface area contributed by atoms with Crippen LogP contribution in [0.3, 0.4) is 0 Å². The summed E-state index contributed by atoms with van der Waals surface area (Å²) in [6.07, 6.45) is 2.42. The van der Waals surface area contributed by atoms with Gasteiger partial charge in [-0.25, -0.2) is 0 Å². The first-order valence-electron chi connectivity index (χ1n) is 5.87. The minimum absolute atomic E-state index is 0.470. The molecule has 1 unspecified atom stereocenters. The summed E-state index contributed by atoms with van der Waals surface area (Å²) < 4.78 is 0. The van der Waals surface area contributed by atoms with Gasteiger partial charge in [0, 0.05) is 5.41 Å². The van der Waals surface area contributed by atoms with Gasteiger partial charge in [0.05, 0.1) is 0 Å². The van der Waals surface area contributed by atoms with Gasteiger partial charge in [-0.05, 0) is 35.8 Å². The topological polar surface area (TPSA) is 0 Å². The Labute approximate surface area is 88.1 Å². The van der Waals surface area contributed by atoms with Gasteiger partial charge in [0.25, 0.3) is 0 Å². The Morgan fingerprint density at radius 3 is 1.86 bits per heavy atom. The molecule has 0 aliphatic heterocycles. The summed E-state index contributed by atoms with van der Waals surface area (Å²) in [6, 6.07) is 0. The van der Waals surface area contributed by atoms with E-state index in [4.69, 9.17) is 0 Å². The molecule has 0 fully saturated rings. The summed E-state index contributed by atoms with van der Waals surface area (Å²) in [5.74, 6) is 2.23. The largest absolute Gasteiger partial charge is 0.0743 e. The highest BCUT2D eigenvalue weighted by Crippen LogP contribution is 2.70. The van der Waals surface area contributed by atoms with E-state index in [1.54, 1.807) is 16.7 Å². The van der Waals surface area contributed by atoms with Gasteiger partial charge in [-0.3, -0.25) is 0 Å². The van der Waals surface area contributed by atoms with Crippen molar-refractivity contribution in [1.82, 2.24) is 0 Å². The van der Waals surface area contributed by atoms with Crippen molar-refractivity contribution in [2.75, 3.05) is 0 Å². The Balaban J connectivity index is 2.37. The lowest BCUT2D eigenvalue weighted by atomic mass is 9.71. The summed E-state index contributed by atoms with van der Waals surface area (Å²) in [6.45, 7) is 14.1. The molecular formula is C14H22. The van der Waals surface area contributed by atoms with Gasteiger partial charge < -0.3 is 0 Å². The summed E-state index contributed by atoms with van der Waals surface area (Å²) in [5, 5.41) is 0. The summed E-state index contributed by atoms with van der Waals surface area (Å²) in [4.78, 5) is 0. The van der Waals surface area contributed by atoms with Crippen LogP contribution in [0, 0.1) is 23.2 Å². The lowest BCUT2D eigenvalue weighted by Crippen LogP contribution is -2.26. The van der Waals surface area contributed by atoms with Crippen molar-refractivity contribution >= 4 is 0 Å². The molecule has 0 bridgehead atoms. The Hall–Kier alpha value is -0.520. The van der Waals surface area contributed by atoms with Crippen LogP contribution in [0.15, 0.2) is 22.8 Å². The first-order valence-corrected chi connectivity index (χ1v) is 5.87. The third-order valence-corrected chi connectivity index (χ3v) is 4.24. The summed E-state index contributed by atoms with van der Waals surface area (Å²) in [7, 11) is 0. The van der Waals surface area contributed by atoms with E-state index in [0.717, 1.165) is 11.8 Å². The quantitative estimate of drug-likeness (QED) is 0.612. The maximum atomic E-state index is 2.42. The van der Waals surface area contributed by atoms with Crippen LogP contribution in [0.2, 0.25) is 0 Å². The maximum Gasteiger partial charge on any atom is 0.0222 e. The first-order chi connectivity index (χ1) is 6.44. The van der Waals surface area contributed by atoms with Crippen LogP contribution in [-0.2, 0) is 0 Å². The van der Waals surface area contributed by atoms with E-state index in [1.165, 1.54) is 0 Å². The second kappa shape index (κ2) is 2.74. The molecule has 0 nitrogen and oxygen atoms in total. The van der Waals surface area contributed by atoms with Gasteiger partial charge in [-0.15, -0.1) is 0 Å². The second-order valence-electron chi connectivity index (χ2n) is 5.61. The molecule has 14 heavy (non-hydrogen) atoms. The van der Waals surface area contributed by atoms with Crippen molar-refractivity contribution in [3.63, 3.8) is 0 Å². The smallest absolute Gasteiger partial charge is 0.0222 e. The number of rotatable bonds is 2. The molecule has 0 N–H and O–H groups in total. The average Bonchev–Trinajstić information content (AvgIpc) is 2.65. The molecule has 0 aromatic carbocycles. The van der Waals surface area contributed by atoms with Crippen molar-refractivity contribution in [2.24, 2.45) is 23.2 Å². The zero-order valence-electron chi connectivity index (χ0n) is 10.3. The molecule has 2 rings (SSSR count). The highest BCUT2D eigenvalue weighted by Gasteiger charge is 2.60. The van der Waals surface area contributed by atoms with Crippen LogP contribution in [0.25, 0.3) is 0 Å². The maximum absolute atomic E-state index is 2.42. The molecular weight excluding hydrogens is 168 g/mol. The monoisotopic (exact) mass is 190 g/mol. The predicted octanol–water partition coefficient (Wildman–Crippen LogP) is 4.19. The molecule has 0 radical (unpaired) electrons. The molecule has 0 heteroatoms. The van der Waals surface area contributed by atoms with E-state index in [2.05, 4.69) is 47.6 Å². The molecule has 0 aromatic heterocycles. The number of hydrogen-bond donors (Lipinski definition) is 0. The third kappa shape index (κ3) is 0.898. The van der Waals surface area contributed by atoms with Crippen LogP contribution in [0.1, 0.15) is 41.5 Å². The lowest BCUT2D eigenvalue weighted by Gasteiger charge is -2.32. The molecule has 0 saturated carbocycles. The first kappa shape index (κ1) is 10.0. The van der Waals surface area contributed by atoms with Crippen molar-refractivity contribution < 1.29 is 0 Å². The van der Waals surface area contributed by atoms with E-state index >= 15 is 0 Å². The Kier molecular flexibility index (Phi) is 1.96. The minimum Gasteiger partial charge on any atom is -0.0743 e. The molecule has 78 valence electrons. The highest BCUT2D eigenvalue weighted by molar-refractivity contribution is 5.66. The standard InChI is InChI=1S/C14H22/c1-8(2)14(9(3)4)12-10(5)7-11(6)13(12)14/h7-10H,1-6H3. The van der Waals surface area contributed by atoms with Gasteiger partial charge >= 0.3 is 0 Å². The Morgan fingerprint density at radius 1 is 1.14 bits per heavy atom. The van der Waals surface area contributed by atoms with Crippen LogP contribution in [0.5, 0.6) is 0 Å². The molecule has 2 aliphatic rings. The van der Waals surface area contributed by atoms with Gasteiger partial charge in [-0.2, -0.15) is 0 Å². The average molecular weight is 190 g/mol. The fraction of sp³-hybridized carbons (Fsp3) is 0.714. The van der Waals surface area contributed by atoms with E-state index in [-0.39, 0.29) is 0 Å². The van der Waals surface area contributed by atoms with Gasteiger partial charge in [0.1, 0.15) is 0 Å². The zero-order chi connectivity index (χ0) is 10.7. The van der Waals surface area contributed by atoms with Gasteiger partial charge in [0.15, 0.2) is 0 Å². The van der Waals surface area contributed by atoms with Crippen LogP contribution in [0.4, 0.5) is 0 Å². The molecule has 0 spiro atoms. The highest BCUT2D eigenvalue weighted by atomic mass is 14.6. The fourth-order valence-electron chi connectivity index (χ4n) is 3.88. The van der Waals surface area contributed by atoms with Crippen molar-refractivity contribution in [1.29, 1.82) is 0 Å². The van der Waals surface area contributed by atoms with Crippen LogP contribution in [-0.4, -0.2) is 0 Å². The molecule has 0 aromatic rings. The summed E-state index contributed by atoms with van der Waals surface area (Å²) >= 11 is 0. The predicted molar refractivity (Wildman–Crippen MR) is 62.1 cm³/mol. The normalized spacial score (nSPS) is 28.6. The van der Waals surface area contributed by atoms with Crippen molar-refractivity contribution in [3.05, 3.63) is 22.8 Å². The third-order valence-electron chi connectivity index (χ3n) is 4.24. The zero-order valence-corrected chi connectivity index (χ0v) is 10.3. The number of allylic oxidation sites excluding steroid dienone is 4. The van der Waals surface area contributed by atoms with E-state index in [0.29, 0.717) is 11.3 Å². The fourth-order valence-corrected chi connectivity index (χ4v) is 3.88. The molecule has 1 atom stereocenters. The van der Waals surface area contributed by atoms with Crippen LogP contribution < -0.4 is 0 Å². The minimum atomic E-state index is 0.470. The van der Waals surface area contributed by atoms with Gasteiger partial charge in [-0.1, -0.05) is 46.3 Å². The SMILES string of the molecule is CC1=CC(C)C2=C1C2(C(C)C)C(C)C. The van der Waals surface area contributed by atoms with E-state index in [1.807, 2.05) is 0 Å². The van der Waals surface area contributed by atoms with Crippen molar-refractivity contribution in [3.8, 4) is 0 Å². The number of hydrogen-bond acceptors (Lipinski definition) is 0. The second-order valence-corrected chi connectivity index (χ2v) is 5.61. The van der Waals surface area contributed by atoms with E-state index in [9.17, 15) is 0 Å². The Bertz CT molecular complexity index is 318. The van der Waals surface area contributed by atoms with Gasteiger partial charge in [0.2, 0.25) is 0 Å². The van der Waals surface area contributed by atoms with Crippen LogP contribution >= 0.6 is 0 Å².